The van der Waals surface area contributed by atoms with Gasteiger partial charge in [-0.25, -0.2) is 0 Å². The average Bonchev–Trinajstić information content (AvgIpc) is 2.39. The van der Waals surface area contributed by atoms with Gasteiger partial charge in [0.25, 0.3) is 5.91 Å². The number of benzene rings is 1. The molecule has 0 unspecified atom stereocenters. The lowest BCUT2D eigenvalue weighted by molar-refractivity contribution is 0.0652. The summed E-state index contributed by atoms with van der Waals surface area (Å²) in [5.41, 5.74) is 8.03. The zero-order valence-corrected chi connectivity index (χ0v) is 11.2. The number of amides is 1. The van der Waals surface area contributed by atoms with E-state index in [-0.39, 0.29) is 5.91 Å². The Kier molecular flexibility index (Phi) is 4.08. The van der Waals surface area contributed by atoms with Crippen molar-refractivity contribution in [2.24, 2.45) is 0 Å². The van der Waals surface area contributed by atoms with Gasteiger partial charge in [0, 0.05) is 31.9 Å². The first-order chi connectivity index (χ1) is 9.13. The van der Waals surface area contributed by atoms with Crippen molar-refractivity contribution in [2.45, 2.75) is 6.92 Å². The quantitative estimate of drug-likeness (QED) is 0.634. The highest BCUT2D eigenvalue weighted by Gasteiger charge is 2.23. The molecule has 1 aliphatic heterocycles. The van der Waals surface area contributed by atoms with Gasteiger partial charge in [0.05, 0.1) is 12.1 Å². The molecule has 0 aromatic heterocycles. The third-order valence-corrected chi connectivity index (χ3v) is 3.49. The largest absolute Gasteiger partial charge is 0.398 e. The smallest absolute Gasteiger partial charge is 0.256 e. The molecule has 0 radical (unpaired) electrons. The highest BCUT2D eigenvalue weighted by atomic mass is 16.2. The molecule has 0 atom stereocenters. The molecule has 0 spiro atoms. The van der Waals surface area contributed by atoms with Crippen LogP contribution in [0.1, 0.15) is 15.9 Å². The van der Waals surface area contributed by atoms with Crippen LogP contribution in [0.3, 0.4) is 0 Å². The first-order valence-corrected chi connectivity index (χ1v) is 6.43. The molecule has 1 aromatic carbocycles. The lowest BCUT2D eigenvalue weighted by atomic mass is 10.0. The van der Waals surface area contributed by atoms with Crippen molar-refractivity contribution in [3.05, 3.63) is 29.3 Å². The van der Waals surface area contributed by atoms with Crippen molar-refractivity contribution >= 4 is 11.6 Å². The SMILES string of the molecule is C#CCN1CCN(C(=O)c2c(C)cccc2N)CC1. The number of rotatable bonds is 2. The molecule has 1 aromatic rings. The number of hydrogen-bond acceptors (Lipinski definition) is 3. The summed E-state index contributed by atoms with van der Waals surface area (Å²) in [5.74, 6) is 2.66. The molecule has 0 aliphatic carbocycles. The van der Waals surface area contributed by atoms with Gasteiger partial charge in [-0.3, -0.25) is 9.69 Å². The van der Waals surface area contributed by atoms with Crippen LogP contribution < -0.4 is 5.73 Å². The topological polar surface area (TPSA) is 49.6 Å². The second kappa shape index (κ2) is 5.77. The van der Waals surface area contributed by atoms with Crippen molar-refractivity contribution in [2.75, 3.05) is 38.5 Å². The Morgan fingerprint density at radius 2 is 2.05 bits per heavy atom. The van der Waals surface area contributed by atoms with Gasteiger partial charge in [-0.05, 0) is 18.6 Å². The van der Waals surface area contributed by atoms with Crippen LogP contribution in [0.25, 0.3) is 0 Å². The zero-order valence-electron chi connectivity index (χ0n) is 11.2. The second-order valence-electron chi connectivity index (χ2n) is 4.81. The highest BCUT2D eigenvalue weighted by Crippen LogP contribution is 2.19. The lowest BCUT2D eigenvalue weighted by Gasteiger charge is -2.34. The second-order valence-corrected chi connectivity index (χ2v) is 4.81. The van der Waals surface area contributed by atoms with Gasteiger partial charge in [0.2, 0.25) is 0 Å². The van der Waals surface area contributed by atoms with Crippen LogP contribution in [0.2, 0.25) is 0 Å². The van der Waals surface area contributed by atoms with E-state index in [1.807, 2.05) is 24.0 Å². The predicted molar refractivity (Wildman–Crippen MR) is 76.8 cm³/mol. The average molecular weight is 257 g/mol. The van der Waals surface area contributed by atoms with Crippen LogP contribution >= 0.6 is 0 Å². The number of anilines is 1. The number of nitrogen functional groups attached to an aromatic ring is 1. The first kappa shape index (κ1) is 13.4. The van der Waals surface area contributed by atoms with E-state index in [4.69, 9.17) is 12.2 Å². The molecule has 1 fully saturated rings. The molecular formula is C15H19N3O. The van der Waals surface area contributed by atoms with E-state index in [9.17, 15) is 4.79 Å². The Morgan fingerprint density at radius 3 is 2.63 bits per heavy atom. The van der Waals surface area contributed by atoms with Gasteiger partial charge < -0.3 is 10.6 Å². The van der Waals surface area contributed by atoms with Gasteiger partial charge >= 0.3 is 0 Å². The summed E-state index contributed by atoms with van der Waals surface area (Å²) in [6, 6.07) is 5.55. The number of nitrogens with zero attached hydrogens (tertiary/aromatic N) is 2. The van der Waals surface area contributed by atoms with Crippen LogP contribution in [0, 0.1) is 19.3 Å². The van der Waals surface area contributed by atoms with E-state index in [0.29, 0.717) is 30.9 Å². The Bertz CT molecular complexity index is 490. The predicted octanol–water partition coefficient (Wildman–Crippen LogP) is 0.968. The van der Waals surface area contributed by atoms with Crippen LogP contribution in [0.15, 0.2) is 18.2 Å². The van der Waals surface area contributed by atoms with Gasteiger partial charge in [-0.2, -0.15) is 0 Å². The standard InChI is InChI=1S/C15H19N3O/c1-3-7-17-8-10-18(11-9-17)15(19)14-12(2)5-4-6-13(14)16/h1,4-6H,7-11,16H2,2H3. The third-order valence-electron chi connectivity index (χ3n) is 3.49. The van der Waals surface area contributed by atoms with E-state index < -0.39 is 0 Å². The van der Waals surface area contributed by atoms with E-state index in [0.717, 1.165) is 18.7 Å². The number of piperazine rings is 1. The van der Waals surface area contributed by atoms with Crippen molar-refractivity contribution in [3.8, 4) is 12.3 Å². The van der Waals surface area contributed by atoms with Gasteiger partial charge in [0.1, 0.15) is 0 Å². The molecule has 4 heteroatoms. The molecule has 0 bridgehead atoms. The summed E-state index contributed by atoms with van der Waals surface area (Å²) in [4.78, 5) is 16.5. The molecule has 1 saturated heterocycles. The molecule has 4 nitrogen and oxygen atoms in total. The van der Waals surface area contributed by atoms with Crippen molar-refractivity contribution in [1.29, 1.82) is 0 Å². The van der Waals surface area contributed by atoms with E-state index in [2.05, 4.69) is 10.8 Å². The maximum absolute atomic E-state index is 12.5. The van der Waals surface area contributed by atoms with Crippen molar-refractivity contribution in [1.82, 2.24) is 9.80 Å². The zero-order chi connectivity index (χ0) is 13.8. The number of carbonyl (C=O) groups excluding carboxylic acids is 1. The summed E-state index contributed by atoms with van der Waals surface area (Å²) in [5, 5.41) is 0. The fraction of sp³-hybridized carbons (Fsp3) is 0.400. The molecule has 2 N–H and O–H groups in total. The number of carbonyl (C=O) groups is 1. The molecule has 1 amide bonds. The fourth-order valence-electron chi connectivity index (χ4n) is 2.38. The minimum atomic E-state index is 0.0240. The molecular weight excluding hydrogens is 238 g/mol. The fourth-order valence-corrected chi connectivity index (χ4v) is 2.38. The Morgan fingerprint density at radius 1 is 1.37 bits per heavy atom. The summed E-state index contributed by atoms with van der Waals surface area (Å²) >= 11 is 0. The van der Waals surface area contributed by atoms with Crippen molar-refractivity contribution in [3.63, 3.8) is 0 Å². The van der Waals surface area contributed by atoms with Gasteiger partial charge in [0.15, 0.2) is 0 Å². The Balaban J connectivity index is 2.08. The molecule has 100 valence electrons. The monoisotopic (exact) mass is 257 g/mol. The number of aryl methyl sites for hydroxylation is 1. The number of nitrogens with two attached hydrogens (primary N) is 1. The summed E-state index contributed by atoms with van der Waals surface area (Å²) in [6.45, 7) is 5.61. The van der Waals surface area contributed by atoms with Crippen molar-refractivity contribution < 1.29 is 4.79 Å². The third kappa shape index (κ3) is 2.88. The first-order valence-electron chi connectivity index (χ1n) is 6.43. The maximum Gasteiger partial charge on any atom is 0.256 e. The number of terminal acetylenes is 1. The molecule has 0 saturated carbocycles. The summed E-state index contributed by atoms with van der Waals surface area (Å²) in [7, 11) is 0. The normalized spacial score (nSPS) is 16.1. The van der Waals surface area contributed by atoms with Crippen LogP contribution in [-0.2, 0) is 0 Å². The molecule has 1 heterocycles. The van der Waals surface area contributed by atoms with Crippen LogP contribution in [0.4, 0.5) is 5.69 Å². The van der Waals surface area contributed by atoms with Crippen LogP contribution in [-0.4, -0.2) is 48.4 Å². The molecule has 1 aliphatic rings. The molecule has 19 heavy (non-hydrogen) atoms. The Hall–Kier alpha value is -1.99. The highest BCUT2D eigenvalue weighted by molar-refractivity contribution is 6.00. The molecule has 2 rings (SSSR count). The minimum absolute atomic E-state index is 0.0240. The number of hydrogen-bond donors (Lipinski definition) is 1. The Labute approximate surface area is 114 Å². The summed E-state index contributed by atoms with van der Waals surface area (Å²) in [6.07, 6.45) is 5.30. The summed E-state index contributed by atoms with van der Waals surface area (Å²) < 4.78 is 0. The van der Waals surface area contributed by atoms with E-state index in [1.165, 1.54) is 0 Å². The minimum Gasteiger partial charge on any atom is -0.398 e. The van der Waals surface area contributed by atoms with E-state index >= 15 is 0 Å². The van der Waals surface area contributed by atoms with Gasteiger partial charge in [-0.15, -0.1) is 6.42 Å². The van der Waals surface area contributed by atoms with E-state index in [1.54, 1.807) is 6.07 Å². The van der Waals surface area contributed by atoms with Crippen LogP contribution in [0.5, 0.6) is 0 Å². The lowest BCUT2D eigenvalue weighted by Crippen LogP contribution is -2.48. The maximum atomic E-state index is 12.5. The van der Waals surface area contributed by atoms with Gasteiger partial charge in [-0.1, -0.05) is 18.1 Å².